The lowest BCUT2D eigenvalue weighted by molar-refractivity contribution is -0.137. The summed E-state index contributed by atoms with van der Waals surface area (Å²) in [5, 5.41) is 8.84. The van der Waals surface area contributed by atoms with Crippen LogP contribution in [0, 0.1) is 6.92 Å². The van der Waals surface area contributed by atoms with Gasteiger partial charge in [-0.3, -0.25) is 4.79 Å². The van der Waals surface area contributed by atoms with Crippen LogP contribution in [0.15, 0.2) is 24.3 Å². The molecule has 0 saturated heterocycles. The Hall–Kier alpha value is -1.31. The van der Waals surface area contributed by atoms with Crippen molar-refractivity contribution in [3.05, 3.63) is 35.4 Å². The molecule has 2 rings (SSSR count). The normalized spacial score (nSPS) is 17.8. The third kappa shape index (κ3) is 1.52. The van der Waals surface area contributed by atoms with E-state index in [1.165, 1.54) is 11.1 Å². The average Bonchev–Trinajstić information content (AvgIpc) is 2.85. The van der Waals surface area contributed by atoms with E-state index >= 15 is 0 Å². The number of carboxylic acid groups (broad SMARTS) is 1. The molecule has 0 heterocycles. The van der Waals surface area contributed by atoms with Gasteiger partial charge < -0.3 is 5.11 Å². The molecule has 74 valence electrons. The summed E-state index contributed by atoms with van der Waals surface area (Å²) < 4.78 is 0. The second kappa shape index (κ2) is 3.12. The van der Waals surface area contributed by atoms with Crippen molar-refractivity contribution in [2.24, 2.45) is 0 Å². The zero-order valence-electron chi connectivity index (χ0n) is 8.29. The molecule has 0 aliphatic heterocycles. The summed E-state index contributed by atoms with van der Waals surface area (Å²) in [6, 6.07) is 8.10. The van der Waals surface area contributed by atoms with E-state index in [1.54, 1.807) is 0 Å². The molecule has 1 N–H and O–H groups in total. The zero-order chi connectivity index (χ0) is 10.2. The first-order valence-corrected chi connectivity index (χ1v) is 4.92. The Bertz CT molecular complexity index is 364. The first-order valence-electron chi connectivity index (χ1n) is 4.92. The van der Waals surface area contributed by atoms with Crippen LogP contribution < -0.4 is 0 Å². The number of hydrogen-bond donors (Lipinski definition) is 1. The Morgan fingerprint density at radius 1 is 1.43 bits per heavy atom. The molecule has 1 aromatic carbocycles. The van der Waals surface area contributed by atoms with Gasteiger partial charge in [0.2, 0.25) is 0 Å². The van der Waals surface area contributed by atoms with E-state index < -0.39 is 5.97 Å². The molecule has 1 aliphatic rings. The van der Waals surface area contributed by atoms with Gasteiger partial charge in [-0.25, -0.2) is 0 Å². The zero-order valence-corrected chi connectivity index (χ0v) is 8.29. The molecule has 0 radical (unpaired) electrons. The molecule has 1 fully saturated rings. The van der Waals surface area contributed by atoms with Gasteiger partial charge in [-0.15, -0.1) is 0 Å². The smallest absolute Gasteiger partial charge is 0.304 e. The molecule has 14 heavy (non-hydrogen) atoms. The van der Waals surface area contributed by atoms with Crippen LogP contribution in [-0.2, 0) is 10.2 Å². The third-order valence-electron chi connectivity index (χ3n) is 3.06. The fourth-order valence-electron chi connectivity index (χ4n) is 2.15. The van der Waals surface area contributed by atoms with E-state index in [4.69, 9.17) is 5.11 Å². The van der Waals surface area contributed by atoms with E-state index in [-0.39, 0.29) is 11.8 Å². The number of rotatable bonds is 3. The number of carbonyl (C=O) groups is 1. The summed E-state index contributed by atoms with van der Waals surface area (Å²) in [7, 11) is 0. The number of carboxylic acids is 1. The average molecular weight is 190 g/mol. The molecular formula is C12H14O2. The Morgan fingerprint density at radius 2 is 2.07 bits per heavy atom. The van der Waals surface area contributed by atoms with Gasteiger partial charge in [-0.1, -0.05) is 24.3 Å². The number of aryl methyl sites for hydroxylation is 1. The van der Waals surface area contributed by atoms with E-state index in [9.17, 15) is 4.79 Å². The highest BCUT2D eigenvalue weighted by Gasteiger charge is 2.46. The molecule has 0 bridgehead atoms. The number of aliphatic carboxylic acids is 1. The van der Waals surface area contributed by atoms with Crippen molar-refractivity contribution >= 4 is 5.97 Å². The van der Waals surface area contributed by atoms with Gasteiger partial charge in [0, 0.05) is 5.41 Å². The van der Waals surface area contributed by atoms with E-state index in [1.807, 2.05) is 12.1 Å². The second-order valence-electron chi connectivity index (χ2n) is 4.17. The predicted octanol–water partition coefficient (Wildman–Crippen LogP) is 2.50. The van der Waals surface area contributed by atoms with Gasteiger partial charge >= 0.3 is 5.97 Å². The van der Waals surface area contributed by atoms with Gasteiger partial charge in [-0.05, 0) is 30.9 Å². The minimum Gasteiger partial charge on any atom is -0.481 e. The molecule has 0 spiro atoms. The van der Waals surface area contributed by atoms with Crippen LogP contribution in [-0.4, -0.2) is 11.1 Å². The third-order valence-corrected chi connectivity index (χ3v) is 3.06. The summed E-state index contributed by atoms with van der Waals surface area (Å²) in [4.78, 5) is 10.7. The Labute approximate surface area is 83.6 Å². The molecule has 2 nitrogen and oxygen atoms in total. The van der Waals surface area contributed by atoms with Gasteiger partial charge in [0.25, 0.3) is 0 Å². The van der Waals surface area contributed by atoms with E-state index in [0.717, 1.165) is 12.8 Å². The summed E-state index contributed by atoms with van der Waals surface area (Å²) in [6.45, 7) is 2.05. The minimum atomic E-state index is -0.689. The standard InChI is InChI=1S/C12H14O2/c1-9-4-2-3-5-10(9)12(6-7-12)8-11(13)14/h2-5H,6-8H2,1H3,(H,13,14). The van der Waals surface area contributed by atoms with Crippen molar-refractivity contribution in [3.8, 4) is 0 Å². The molecule has 1 saturated carbocycles. The largest absolute Gasteiger partial charge is 0.481 e. The van der Waals surface area contributed by atoms with Crippen LogP contribution in [0.25, 0.3) is 0 Å². The van der Waals surface area contributed by atoms with Crippen molar-refractivity contribution in [1.82, 2.24) is 0 Å². The highest BCUT2D eigenvalue weighted by atomic mass is 16.4. The molecule has 0 unspecified atom stereocenters. The SMILES string of the molecule is Cc1ccccc1C1(CC(=O)O)CC1. The topological polar surface area (TPSA) is 37.3 Å². The van der Waals surface area contributed by atoms with Gasteiger partial charge in [0.1, 0.15) is 0 Å². The quantitative estimate of drug-likeness (QED) is 0.795. The Morgan fingerprint density at radius 3 is 2.57 bits per heavy atom. The van der Waals surface area contributed by atoms with E-state index in [2.05, 4.69) is 19.1 Å². The summed E-state index contributed by atoms with van der Waals surface area (Å²) >= 11 is 0. The van der Waals surface area contributed by atoms with Gasteiger partial charge in [0.15, 0.2) is 0 Å². The molecule has 1 aromatic rings. The Balaban J connectivity index is 2.31. The van der Waals surface area contributed by atoms with Crippen LogP contribution >= 0.6 is 0 Å². The lowest BCUT2D eigenvalue weighted by atomic mass is 9.89. The van der Waals surface area contributed by atoms with Crippen molar-refractivity contribution in [2.75, 3.05) is 0 Å². The maximum atomic E-state index is 10.7. The maximum absolute atomic E-state index is 10.7. The highest BCUT2D eigenvalue weighted by Crippen LogP contribution is 2.51. The lowest BCUT2D eigenvalue weighted by Gasteiger charge is -2.15. The first kappa shape index (κ1) is 9.25. The molecular weight excluding hydrogens is 176 g/mol. The fraction of sp³-hybridized carbons (Fsp3) is 0.417. The van der Waals surface area contributed by atoms with Crippen molar-refractivity contribution in [3.63, 3.8) is 0 Å². The Kier molecular flexibility index (Phi) is 2.06. The molecule has 0 atom stereocenters. The van der Waals surface area contributed by atoms with Crippen LogP contribution in [0.4, 0.5) is 0 Å². The highest BCUT2D eigenvalue weighted by molar-refractivity contribution is 5.70. The number of benzene rings is 1. The summed E-state index contributed by atoms with van der Waals surface area (Å²) in [5.74, 6) is -0.689. The molecule has 0 amide bonds. The first-order chi connectivity index (χ1) is 6.64. The van der Waals surface area contributed by atoms with Crippen LogP contribution in [0.1, 0.15) is 30.4 Å². The molecule has 1 aliphatic carbocycles. The lowest BCUT2D eigenvalue weighted by Crippen LogP contribution is -2.14. The maximum Gasteiger partial charge on any atom is 0.304 e. The van der Waals surface area contributed by atoms with Crippen molar-refractivity contribution in [2.45, 2.75) is 31.6 Å². The van der Waals surface area contributed by atoms with Gasteiger partial charge in [0.05, 0.1) is 6.42 Å². The fourth-order valence-corrected chi connectivity index (χ4v) is 2.15. The van der Waals surface area contributed by atoms with Crippen LogP contribution in [0.3, 0.4) is 0 Å². The van der Waals surface area contributed by atoms with Crippen LogP contribution in [0.5, 0.6) is 0 Å². The monoisotopic (exact) mass is 190 g/mol. The van der Waals surface area contributed by atoms with Crippen molar-refractivity contribution in [1.29, 1.82) is 0 Å². The summed E-state index contributed by atoms with van der Waals surface area (Å²) in [5.41, 5.74) is 2.39. The minimum absolute atomic E-state index is 0.0445. The molecule has 2 heteroatoms. The predicted molar refractivity (Wildman–Crippen MR) is 54.3 cm³/mol. The molecule has 0 aromatic heterocycles. The van der Waals surface area contributed by atoms with Crippen molar-refractivity contribution < 1.29 is 9.90 Å². The number of hydrogen-bond acceptors (Lipinski definition) is 1. The van der Waals surface area contributed by atoms with E-state index in [0.29, 0.717) is 0 Å². The van der Waals surface area contributed by atoms with Gasteiger partial charge in [-0.2, -0.15) is 0 Å². The summed E-state index contributed by atoms with van der Waals surface area (Å²) in [6.07, 6.45) is 2.31. The van der Waals surface area contributed by atoms with Crippen LogP contribution in [0.2, 0.25) is 0 Å². The second-order valence-corrected chi connectivity index (χ2v) is 4.17.